The van der Waals surface area contributed by atoms with E-state index in [4.69, 9.17) is 10.8 Å². The molecule has 4 aromatic rings. The summed E-state index contributed by atoms with van der Waals surface area (Å²) in [6.45, 7) is 0. The SMILES string of the molecule is Bc1ccc2cc(C(F)(F)C(=N)n3nc(-c4cnn(C)c4)ccc3=N)ccc2n1. The van der Waals surface area contributed by atoms with E-state index in [1.54, 1.807) is 30.1 Å². The Morgan fingerprint density at radius 2 is 1.93 bits per heavy atom. The Balaban J connectivity index is 1.77. The topological polar surface area (TPSA) is 96.2 Å². The number of alkyl halides is 2. The lowest BCUT2D eigenvalue weighted by Gasteiger charge is -2.19. The van der Waals surface area contributed by atoms with Gasteiger partial charge in [-0.25, -0.2) is 0 Å². The minimum Gasteiger partial charge on any atom is -0.283 e. The molecule has 0 fully saturated rings. The number of halogens is 2. The Bertz CT molecular complexity index is 1310. The normalized spacial score (nSPS) is 11.7. The first kappa shape index (κ1) is 18.7. The highest BCUT2D eigenvalue weighted by Gasteiger charge is 2.39. The second-order valence-electron chi connectivity index (χ2n) is 6.70. The van der Waals surface area contributed by atoms with E-state index in [0.29, 0.717) is 26.8 Å². The number of nitrogens with zero attached hydrogens (tertiary/aromatic N) is 5. The lowest BCUT2D eigenvalue weighted by Crippen LogP contribution is -2.39. The molecule has 3 heterocycles. The molecular formula is C19H16BF2N7. The van der Waals surface area contributed by atoms with Crippen molar-refractivity contribution in [3.8, 4) is 11.3 Å². The van der Waals surface area contributed by atoms with Gasteiger partial charge in [-0.2, -0.15) is 23.7 Å². The third kappa shape index (κ3) is 3.33. The summed E-state index contributed by atoms with van der Waals surface area (Å²) in [4.78, 5) is 4.31. The van der Waals surface area contributed by atoms with Gasteiger partial charge in [-0.3, -0.25) is 20.5 Å². The zero-order valence-corrected chi connectivity index (χ0v) is 15.7. The molecule has 2 N–H and O–H groups in total. The molecule has 0 unspecified atom stereocenters. The molecule has 0 saturated heterocycles. The highest BCUT2D eigenvalue weighted by atomic mass is 19.3. The third-order valence-corrected chi connectivity index (χ3v) is 4.54. The van der Waals surface area contributed by atoms with Gasteiger partial charge < -0.3 is 0 Å². The second kappa shape index (κ2) is 6.73. The number of hydrogen-bond donors (Lipinski definition) is 2. The Morgan fingerprint density at radius 1 is 1.14 bits per heavy atom. The first-order valence-corrected chi connectivity index (χ1v) is 8.75. The van der Waals surface area contributed by atoms with Crippen LogP contribution in [0.15, 0.2) is 54.9 Å². The summed E-state index contributed by atoms with van der Waals surface area (Å²) in [5, 5.41) is 24.7. The third-order valence-electron chi connectivity index (χ3n) is 4.54. The summed E-state index contributed by atoms with van der Waals surface area (Å²) in [5.41, 5.74) is 1.65. The minimum absolute atomic E-state index is 0.319. The van der Waals surface area contributed by atoms with Crippen LogP contribution in [-0.2, 0) is 13.0 Å². The zero-order chi connectivity index (χ0) is 20.8. The number of aromatic nitrogens is 5. The van der Waals surface area contributed by atoms with Gasteiger partial charge in [0.2, 0.25) is 0 Å². The number of rotatable bonds is 3. The van der Waals surface area contributed by atoms with Crippen molar-refractivity contribution in [3.63, 3.8) is 0 Å². The standard InChI is InChI=1S/C19H16BF2N7/c1-28-10-12(9-25-28)15-5-7-17(23)29(27-15)18(24)19(21,22)13-3-4-14-11(8-13)2-6-16(20)26-14/h2-10,23-24H,20H2,1H3. The molecule has 0 spiro atoms. The highest BCUT2D eigenvalue weighted by Crippen LogP contribution is 2.31. The zero-order valence-electron chi connectivity index (χ0n) is 15.7. The fourth-order valence-electron chi connectivity index (χ4n) is 2.99. The van der Waals surface area contributed by atoms with Crippen LogP contribution < -0.4 is 11.1 Å². The van der Waals surface area contributed by atoms with E-state index in [2.05, 4.69) is 15.2 Å². The molecule has 1 aromatic carbocycles. The molecule has 0 aliphatic carbocycles. The molecule has 0 radical (unpaired) electrons. The van der Waals surface area contributed by atoms with E-state index in [9.17, 15) is 0 Å². The van der Waals surface area contributed by atoms with E-state index in [0.717, 1.165) is 5.59 Å². The lowest BCUT2D eigenvalue weighted by molar-refractivity contribution is 0.0697. The molecule has 29 heavy (non-hydrogen) atoms. The number of fused-ring (bicyclic) bond motifs is 1. The van der Waals surface area contributed by atoms with E-state index in [-0.39, 0.29) is 11.1 Å². The van der Waals surface area contributed by atoms with Crippen LogP contribution in [0.2, 0.25) is 0 Å². The average molecular weight is 391 g/mol. The van der Waals surface area contributed by atoms with Crippen molar-refractivity contribution in [1.82, 2.24) is 24.5 Å². The second-order valence-corrected chi connectivity index (χ2v) is 6.70. The lowest BCUT2D eigenvalue weighted by atomic mass is 10.0. The monoisotopic (exact) mass is 391 g/mol. The Labute approximate surface area is 165 Å². The summed E-state index contributed by atoms with van der Waals surface area (Å²) >= 11 is 0. The molecule has 0 saturated carbocycles. The van der Waals surface area contributed by atoms with Crippen LogP contribution >= 0.6 is 0 Å². The van der Waals surface area contributed by atoms with Gasteiger partial charge in [0.25, 0.3) is 0 Å². The Kier molecular flexibility index (Phi) is 4.33. The van der Waals surface area contributed by atoms with Crippen LogP contribution in [0.3, 0.4) is 0 Å². The largest absolute Gasteiger partial charge is 0.331 e. The van der Waals surface area contributed by atoms with Crippen LogP contribution in [-0.4, -0.2) is 38.2 Å². The van der Waals surface area contributed by atoms with Gasteiger partial charge in [-0.05, 0) is 29.9 Å². The van der Waals surface area contributed by atoms with Gasteiger partial charge in [0.1, 0.15) is 5.49 Å². The van der Waals surface area contributed by atoms with Gasteiger partial charge in [0.15, 0.2) is 13.7 Å². The van der Waals surface area contributed by atoms with Gasteiger partial charge in [0.05, 0.1) is 17.4 Å². The maximum Gasteiger partial charge on any atom is 0.331 e. The fraction of sp³-hybridized carbons (Fsp3) is 0.105. The van der Waals surface area contributed by atoms with Gasteiger partial charge in [-0.1, -0.05) is 18.2 Å². The average Bonchev–Trinajstić information content (AvgIpc) is 3.13. The molecule has 7 nitrogen and oxygen atoms in total. The molecule has 0 amide bonds. The predicted octanol–water partition coefficient (Wildman–Crippen LogP) is 1.19. The van der Waals surface area contributed by atoms with Crippen molar-refractivity contribution in [1.29, 1.82) is 10.8 Å². The van der Waals surface area contributed by atoms with Crippen LogP contribution in [0.1, 0.15) is 5.56 Å². The molecule has 0 aliphatic rings. The molecule has 3 aromatic heterocycles. The predicted molar refractivity (Wildman–Crippen MR) is 107 cm³/mol. The summed E-state index contributed by atoms with van der Waals surface area (Å²) in [6.07, 6.45) is 3.22. The van der Waals surface area contributed by atoms with Crippen LogP contribution in [0.25, 0.3) is 22.2 Å². The van der Waals surface area contributed by atoms with Crippen molar-refractivity contribution < 1.29 is 8.78 Å². The molecule has 4 rings (SSSR count). The fourth-order valence-corrected chi connectivity index (χ4v) is 2.99. The number of aryl methyl sites for hydroxylation is 1. The summed E-state index contributed by atoms with van der Waals surface area (Å²) < 4.78 is 32.5. The Hall–Kier alpha value is -3.69. The van der Waals surface area contributed by atoms with Crippen LogP contribution in [0.5, 0.6) is 0 Å². The molecular weight excluding hydrogens is 375 g/mol. The van der Waals surface area contributed by atoms with Gasteiger partial charge >= 0.3 is 5.92 Å². The number of hydrogen-bond acceptors (Lipinski definition) is 5. The maximum atomic E-state index is 15.2. The van der Waals surface area contributed by atoms with Crippen molar-refractivity contribution in [2.45, 2.75) is 5.92 Å². The smallest absolute Gasteiger partial charge is 0.283 e. The van der Waals surface area contributed by atoms with Crippen molar-refractivity contribution >= 4 is 30.2 Å². The summed E-state index contributed by atoms with van der Waals surface area (Å²) in [5.74, 6) is -4.76. The van der Waals surface area contributed by atoms with Crippen molar-refractivity contribution in [3.05, 3.63) is 65.9 Å². The van der Waals surface area contributed by atoms with E-state index in [1.807, 2.05) is 7.85 Å². The van der Waals surface area contributed by atoms with E-state index >= 15 is 8.78 Å². The minimum atomic E-state index is -3.65. The highest BCUT2D eigenvalue weighted by molar-refractivity contribution is 6.31. The van der Waals surface area contributed by atoms with Crippen LogP contribution in [0.4, 0.5) is 8.78 Å². The maximum absolute atomic E-state index is 15.2. The summed E-state index contributed by atoms with van der Waals surface area (Å²) in [7, 11) is 3.55. The molecule has 10 heteroatoms. The number of pyridine rings is 1. The number of nitrogens with one attached hydrogen (secondary N) is 2. The summed E-state index contributed by atoms with van der Waals surface area (Å²) in [6, 6.07) is 10.4. The molecule has 0 atom stereocenters. The van der Waals surface area contributed by atoms with Crippen molar-refractivity contribution in [2.75, 3.05) is 0 Å². The van der Waals surface area contributed by atoms with Gasteiger partial charge in [-0.15, -0.1) is 0 Å². The number of benzene rings is 1. The van der Waals surface area contributed by atoms with Crippen molar-refractivity contribution in [2.24, 2.45) is 7.05 Å². The van der Waals surface area contributed by atoms with Crippen LogP contribution in [0, 0.1) is 10.8 Å². The Morgan fingerprint density at radius 3 is 2.66 bits per heavy atom. The van der Waals surface area contributed by atoms with E-state index < -0.39 is 11.8 Å². The first-order valence-electron chi connectivity index (χ1n) is 8.75. The molecule has 144 valence electrons. The van der Waals surface area contributed by atoms with E-state index in [1.165, 1.54) is 36.5 Å². The molecule has 0 aliphatic heterocycles. The van der Waals surface area contributed by atoms with Gasteiger partial charge in [0, 0.05) is 29.8 Å². The first-order chi connectivity index (χ1) is 13.8. The quantitative estimate of drug-likeness (QED) is 0.312. The molecule has 0 bridgehead atoms.